The van der Waals surface area contributed by atoms with Gasteiger partial charge in [0.2, 0.25) is 0 Å². The first-order valence-corrected chi connectivity index (χ1v) is 23.9. The van der Waals surface area contributed by atoms with Gasteiger partial charge in [-0.15, -0.1) is 0 Å². The van der Waals surface area contributed by atoms with Gasteiger partial charge in [0.05, 0.1) is 21.0 Å². The van der Waals surface area contributed by atoms with Crippen LogP contribution >= 0.6 is 0 Å². The zero-order valence-corrected chi connectivity index (χ0v) is 36.5. The summed E-state index contributed by atoms with van der Waals surface area (Å²) in [5, 5.41) is 25.5. The van der Waals surface area contributed by atoms with Crippen molar-refractivity contribution in [1.82, 2.24) is 14.5 Å². The molecular formula is C47H64N6O6S. The molecule has 2 aliphatic heterocycles. The zero-order valence-electron chi connectivity index (χ0n) is 35.7. The first kappa shape index (κ1) is 42.6. The van der Waals surface area contributed by atoms with Crippen LogP contribution in [0.4, 0.5) is 17.1 Å². The molecule has 5 fully saturated rings. The minimum atomic E-state index is -4.43. The van der Waals surface area contributed by atoms with Crippen molar-refractivity contribution in [1.29, 1.82) is 0 Å². The van der Waals surface area contributed by atoms with Crippen molar-refractivity contribution in [2.24, 2.45) is 11.3 Å². The summed E-state index contributed by atoms with van der Waals surface area (Å²) < 4.78 is 29.4. The Bertz CT molecular complexity index is 2130. The standard InChI is InChI=1S/C47H64N6O6S/c1-33(2)38-12-6-7-13-39(38)44-32-51(35-10-4-5-11-35)26-27-52(44)36-29-47(30-36)22-24-50(25-23-47)42-15-9-8-14-40(42)45(54)49-60(58,59)37-16-17-41(43(28-37)53(56)57)48-31-34-18-20-46(3,55)21-19-34/h6-9,12-17,28,33-36,44,48,55H,4-5,10-11,18-27,29-32H2,1-3H3,(H,49,54). The van der Waals surface area contributed by atoms with Gasteiger partial charge in [-0.3, -0.25) is 24.7 Å². The Morgan fingerprint density at radius 2 is 1.58 bits per heavy atom. The van der Waals surface area contributed by atoms with E-state index in [-0.39, 0.29) is 33.2 Å². The second-order valence-electron chi connectivity index (χ2n) is 19.2. The molecule has 1 spiro atoms. The molecule has 0 aromatic heterocycles. The monoisotopic (exact) mass is 840 g/mol. The highest BCUT2D eigenvalue weighted by Crippen LogP contribution is 2.53. The van der Waals surface area contributed by atoms with Gasteiger partial charge in [-0.2, -0.15) is 0 Å². The van der Waals surface area contributed by atoms with Crippen molar-refractivity contribution >= 4 is 33.0 Å². The van der Waals surface area contributed by atoms with Crippen LogP contribution in [0.3, 0.4) is 0 Å². The lowest BCUT2D eigenvalue weighted by Crippen LogP contribution is -2.60. The second-order valence-corrected chi connectivity index (χ2v) is 20.9. The number of hydrogen-bond donors (Lipinski definition) is 3. The third-order valence-corrected chi connectivity index (χ3v) is 16.2. The number of carbonyl (C=O) groups is 1. The number of nitro groups is 1. The van der Waals surface area contributed by atoms with E-state index in [0.29, 0.717) is 43.1 Å². The molecule has 2 heterocycles. The SMILES string of the molecule is CC(C)c1ccccc1C1CN(C2CCCC2)CCN1C1CC2(CCN(c3ccccc3C(=O)NS(=O)(=O)c3ccc(NCC4CCC(C)(O)CC4)c([N+](=O)[O-])c3)CC2)C1. The number of piperidine rings is 1. The van der Waals surface area contributed by atoms with E-state index in [1.165, 1.54) is 61.8 Å². The summed E-state index contributed by atoms with van der Waals surface area (Å²) in [7, 11) is -4.43. The normalized spacial score (nSPS) is 25.6. The molecule has 12 nitrogen and oxygen atoms in total. The van der Waals surface area contributed by atoms with Crippen molar-refractivity contribution in [3.8, 4) is 0 Å². The quantitative estimate of drug-likeness (QED) is 0.120. The number of hydrogen-bond acceptors (Lipinski definition) is 10. The maximum absolute atomic E-state index is 13.7. The Morgan fingerprint density at radius 1 is 0.900 bits per heavy atom. The number of carbonyl (C=O) groups excluding carboxylic acids is 1. The fraction of sp³-hybridized carbons (Fsp3) is 0.596. The van der Waals surface area contributed by atoms with Crippen molar-refractivity contribution in [3.63, 3.8) is 0 Å². The minimum Gasteiger partial charge on any atom is -0.390 e. The summed E-state index contributed by atoms with van der Waals surface area (Å²) >= 11 is 0. The summed E-state index contributed by atoms with van der Waals surface area (Å²) in [6.45, 7) is 11.8. The lowest BCUT2D eigenvalue weighted by molar-refractivity contribution is -0.384. The van der Waals surface area contributed by atoms with Gasteiger partial charge in [0, 0.05) is 69.1 Å². The zero-order chi connectivity index (χ0) is 42.2. The highest BCUT2D eigenvalue weighted by Gasteiger charge is 2.50. The van der Waals surface area contributed by atoms with E-state index in [4.69, 9.17) is 0 Å². The third-order valence-electron chi connectivity index (χ3n) is 14.9. The van der Waals surface area contributed by atoms with Gasteiger partial charge >= 0.3 is 0 Å². The molecule has 3 saturated carbocycles. The van der Waals surface area contributed by atoms with Crippen LogP contribution in [0.1, 0.15) is 131 Å². The van der Waals surface area contributed by atoms with Crippen LogP contribution in [0.2, 0.25) is 0 Å². The summed E-state index contributed by atoms with van der Waals surface area (Å²) in [4.78, 5) is 32.7. The second kappa shape index (κ2) is 17.4. The maximum atomic E-state index is 13.7. The van der Waals surface area contributed by atoms with E-state index < -0.39 is 26.5 Å². The highest BCUT2D eigenvalue weighted by atomic mass is 32.2. The molecule has 3 aliphatic carbocycles. The van der Waals surface area contributed by atoms with Crippen LogP contribution < -0.4 is 14.9 Å². The van der Waals surface area contributed by atoms with Crippen molar-refractivity contribution in [3.05, 3.63) is 93.5 Å². The van der Waals surface area contributed by atoms with Gasteiger partial charge in [-0.1, -0.05) is 63.1 Å². The molecule has 1 amide bonds. The number of sulfonamides is 1. The molecule has 3 aromatic carbocycles. The molecule has 0 bridgehead atoms. The van der Waals surface area contributed by atoms with Crippen LogP contribution in [-0.4, -0.2) is 91.1 Å². The number of rotatable bonds is 12. The van der Waals surface area contributed by atoms with Gasteiger partial charge in [0.1, 0.15) is 5.69 Å². The number of nitro benzene ring substituents is 1. The Balaban J connectivity index is 0.902. The van der Waals surface area contributed by atoms with Crippen LogP contribution in [0, 0.1) is 21.4 Å². The number of nitrogens with zero attached hydrogens (tertiary/aromatic N) is 4. The summed E-state index contributed by atoms with van der Waals surface area (Å²) in [6, 6.07) is 21.6. The Labute approximate surface area is 356 Å². The van der Waals surface area contributed by atoms with Crippen LogP contribution in [0.5, 0.6) is 0 Å². The molecule has 8 rings (SSSR count). The van der Waals surface area contributed by atoms with E-state index in [0.717, 1.165) is 70.5 Å². The number of piperazine rings is 1. The predicted molar refractivity (Wildman–Crippen MR) is 236 cm³/mol. The van der Waals surface area contributed by atoms with Gasteiger partial charge in [-0.25, -0.2) is 13.1 Å². The van der Waals surface area contributed by atoms with Crippen LogP contribution in [0.25, 0.3) is 0 Å². The van der Waals surface area contributed by atoms with Crippen LogP contribution in [-0.2, 0) is 10.0 Å². The molecule has 1 atom stereocenters. The van der Waals surface area contributed by atoms with E-state index in [9.17, 15) is 28.4 Å². The van der Waals surface area contributed by atoms with Gasteiger partial charge in [0.25, 0.3) is 21.6 Å². The first-order valence-electron chi connectivity index (χ1n) is 22.5. The number of benzene rings is 3. The number of anilines is 2. The fourth-order valence-corrected chi connectivity index (χ4v) is 12.2. The van der Waals surface area contributed by atoms with Gasteiger partial charge in [-0.05, 0) is 124 Å². The summed E-state index contributed by atoms with van der Waals surface area (Å²) in [6.07, 6.45) is 12.6. The fourth-order valence-electron chi connectivity index (χ4n) is 11.2. The highest BCUT2D eigenvalue weighted by molar-refractivity contribution is 7.90. The number of para-hydroxylation sites is 1. The molecule has 2 saturated heterocycles. The Hall–Kier alpha value is -4.04. The molecule has 60 heavy (non-hydrogen) atoms. The van der Waals surface area contributed by atoms with E-state index >= 15 is 0 Å². The average Bonchev–Trinajstić information content (AvgIpc) is 3.78. The number of aliphatic hydroxyl groups is 1. The molecule has 3 aromatic rings. The topological polar surface area (TPSA) is 148 Å². The largest absolute Gasteiger partial charge is 0.390 e. The van der Waals surface area contributed by atoms with Gasteiger partial charge in [0.15, 0.2) is 0 Å². The maximum Gasteiger partial charge on any atom is 0.293 e. The Morgan fingerprint density at radius 3 is 2.28 bits per heavy atom. The van der Waals surface area contributed by atoms with E-state index in [1.807, 2.05) is 19.1 Å². The van der Waals surface area contributed by atoms with E-state index in [2.05, 4.69) is 62.9 Å². The molecule has 5 aliphatic rings. The molecule has 0 radical (unpaired) electrons. The molecular weight excluding hydrogens is 777 g/mol. The number of amides is 1. The minimum absolute atomic E-state index is 0.215. The average molecular weight is 841 g/mol. The van der Waals surface area contributed by atoms with Gasteiger partial charge < -0.3 is 15.3 Å². The first-order chi connectivity index (χ1) is 28.7. The molecule has 13 heteroatoms. The molecule has 3 N–H and O–H groups in total. The van der Waals surface area contributed by atoms with E-state index in [1.54, 1.807) is 12.1 Å². The van der Waals surface area contributed by atoms with Crippen molar-refractivity contribution in [2.75, 3.05) is 49.5 Å². The molecule has 324 valence electrons. The smallest absolute Gasteiger partial charge is 0.293 e. The van der Waals surface area contributed by atoms with Crippen molar-refractivity contribution in [2.45, 2.75) is 132 Å². The molecule has 1 unspecified atom stereocenters. The van der Waals surface area contributed by atoms with Crippen molar-refractivity contribution < 1.29 is 23.2 Å². The summed E-state index contributed by atoms with van der Waals surface area (Å²) in [5.41, 5.74) is 3.33. The van der Waals surface area contributed by atoms with Crippen LogP contribution in [0.15, 0.2) is 71.6 Å². The third kappa shape index (κ3) is 9.10. The number of nitrogens with one attached hydrogen (secondary N) is 2. The lowest BCUT2D eigenvalue weighted by atomic mass is 9.59. The predicted octanol–water partition coefficient (Wildman–Crippen LogP) is 8.24. The Kier molecular flexibility index (Phi) is 12.4. The lowest BCUT2D eigenvalue weighted by Gasteiger charge is -2.58. The summed E-state index contributed by atoms with van der Waals surface area (Å²) in [5.74, 6) is -0.0561.